The fraction of sp³-hybridized carbons (Fsp3) is 0.346. The predicted octanol–water partition coefficient (Wildman–Crippen LogP) is 4.17. The number of aliphatic hydroxyl groups is 1. The summed E-state index contributed by atoms with van der Waals surface area (Å²) in [7, 11) is 0. The Hall–Kier alpha value is -3.13. The zero-order chi connectivity index (χ0) is 23.4. The molecule has 2 atom stereocenters. The van der Waals surface area contributed by atoms with E-state index in [4.69, 9.17) is 15.2 Å². The van der Waals surface area contributed by atoms with Crippen molar-refractivity contribution >= 4 is 5.91 Å². The van der Waals surface area contributed by atoms with Gasteiger partial charge in [0.1, 0.15) is 0 Å². The van der Waals surface area contributed by atoms with E-state index in [9.17, 15) is 9.90 Å². The van der Waals surface area contributed by atoms with Crippen LogP contribution in [0.2, 0.25) is 0 Å². The zero-order valence-corrected chi connectivity index (χ0v) is 19.0. The molecule has 33 heavy (non-hydrogen) atoms. The van der Waals surface area contributed by atoms with Gasteiger partial charge in [0.05, 0.1) is 30.1 Å². The van der Waals surface area contributed by atoms with Crippen LogP contribution in [0.1, 0.15) is 75.3 Å². The molecule has 0 aliphatic carbocycles. The van der Waals surface area contributed by atoms with Crippen LogP contribution in [0.25, 0.3) is 0 Å². The number of benzene rings is 1. The Balaban J connectivity index is 1.77. The maximum absolute atomic E-state index is 11.9. The second kappa shape index (κ2) is 10.2. The highest BCUT2D eigenvalue weighted by Gasteiger charge is 2.35. The van der Waals surface area contributed by atoms with E-state index in [1.165, 1.54) is 0 Å². The lowest BCUT2D eigenvalue weighted by atomic mass is 9.88. The second-order valence-electron chi connectivity index (χ2n) is 8.63. The average Bonchev–Trinajstić information content (AvgIpc) is 2.85. The first-order valence-corrected chi connectivity index (χ1v) is 11.3. The number of pyridine rings is 2. The third kappa shape index (κ3) is 4.80. The highest BCUT2D eigenvalue weighted by molar-refractivity contribution is 5.93. The fourth-order valence-corrected chi connectivity index (χ4v) is 4.88. The van der Waals surface area contributed by atoms with E-state index in [1.807, 2.05) is 30.6 Å². The summed E-state index contributed by atoms with van der Waals surface area (Å²) in [6, 6.07) is 13.5. The molecular weight excluding hydrogens is 416 g/mol. The Morgan fingerprint density at radius 3 is 2.12 bits per heavy atom. The summed E-state index contributed by atoms with van der Waals surface area (Å²) < 4.78 is 0. The lowest BCUT2D eigenvalue weighted by molar-refractivity contribution is 0.0670. The first kappa shape index (κ1) is 23.0. The normalized spacial score (nSPS) is 18.8. The Morgan fingerprint density at radius 2 is 1.61 bits per heavy atom. The van der Waals surface area contributed by atoms with Gasteiger partial charge in [0.2, 0.25) is 0 Å². The summed E-state index contributed by atoms with van der Waals surface area (Å²) in [5, 5.41) is 19.0. The number of nitrogens with one attached hydrogen (secondary N) is 1. The van der Waals surface area contributed by atoms with Gasteiger partial charge in [-0.2, -0.15) is 0 Å². The maximum Gasteiger partial charge on any atom is 0.274 e. The van der Waals surface area contributed by atoms with Crippen LogP contribution >= 0.6 is 0 Å². The van der Waals surface area contributed by atoms with Gasteiger partial charge >= 0.3 is 0 Å². The number of aryl methyl sites for hydroxylation is 2. The van der Waals surface area contributed by atoms with Crippen molar-refractivity contribution in [2.75, 3.05) is 0 Å². The second-order valence-corrected chi connectivity index (χ2v) is 8.63. The van der Waals surface area contributed by atoms with E-state index in [1.54, 1.807) is 17.6 Å². The molecule has 1 aliphatic heterocycles. The minimum absolute atomic E-state index is 0.110. The first-order valence-electron chi connectivity index (χ1n) is 11.3. The molecule has 0 spiro atoms. The highest BCUT2D eigenvalue weighted by Crippen LogP contribution is 2.43. The van der Waals surface area contributed by atoms with Crippen molar-refractivity contribution in [3.8, 4) is 0 Å². The van der Waals surface area contributed by atoms with Gasteiger partial charge in [-0.15, -0.1) is 0 Å². The number of carbonyl (C=O) groups excluding carboxylic acids is 1. The van der Waals surface area contributed by atoms with Gasteiger partial charge in [0.25, 0.3) is 5.91 Å². The Labute approximate surface area is 194 Å². The Bertz CT molecular complexity index is 1080. The molecule has 0 saturated carbocycles. The van der Waals surface area contributed by atoms with Crippen molar-refractivity contribution in [1.29, 1.82) is 0 Å². The zero-order valence-electron chi connectivity index (χ0n) is 19.0. The molecule has 4 rings (SSSR count). The molecule has 0 bridgehead atoms. The van der Waals surface area contributed by atoms with Crippen molar-refractivity contribution in [2.45, 2.75) is 58.3 Å². The molecule has 2 aromatic heterocycles. The molecule has 2 unspecified atom stereocenters. The van der Waals surface area contributed by atoms with E-state index in [2.05, 4.69) is 30.9 Å². The number of carbonyl (C=O) groups is 1. The van der Waals surface area contributed by atoms with Crippen LogP contribution in [-0.4, -0.2) is 31.1 Å². The number of amides is 1. The molecule has 1 aromatic carbocycles. The average molecular weight is 447 g/mol. The number of aliphatic hydroxyl groups excluding tert-OH is 1. The third-order valence-corrected chi connectivity index (χ3v) is 6.58. The quantitative estimate of drug-likeness (QED) is 0.388. The van der Waals surface area contributed by atoms with E-state index < -0.39 is 5.91 Å². The van der Waals surface area contributed by atoms with Gasteiger partial charge in [0.15, 0.2) is 0 Å². The van der Waals surface area contributed by atoms with Crippen molar-refractivity contribution in [3.63, 3.8) is 0 Å². The molecular formula is C26H30N4O3. The molecule has 172 valence electrons. The van der Waals surface area contributed by atoms with Crippen LogP contribution in [0.4, 0.5) is 0 Å². The molecule has 7 nitrogen and oxygen atoms in total. The highest BCUT2D eigenvalue weighted by atomic mass is 16.5. The lowest BCUT2D eigenvalue weighted by Crippen LogP contribution is -2.37. The summed E-state index contributed by atoms with van der Waals surface area (Å²) in [5.41, 5.74) is 8.00. The number of rotatable bonds is 6. The molecule has 1 aliphatic rings. The molecule has 3 heterocycles. The fourth-order valence-electron chi connectivity index (χ4n) is 4.88. The van der Waals surface area contributed by atoms with Gasteiger partial charge in [-0.05, 0) is 79.6 Å². The first-order chi connectivity index (χ1) is 16.0. The minimum atomic E-state index is -0.599. The van der Waals surface area contributed by atoms with Crippen LogP contribution in [0.5, 0.6) is 0 Å². The largest absolute Gasteiger partial charge is 0.392 e. The molecule has 3 N–H and O–H groups in total. The van der Waals surface area contributed by atoms with Crippen LogP contribution in [0.3, 0.4) is 0 Å². The molecule has 7 heteroatoms. The van der Waals surface area contributed by atoms with Crippen LogP contribution in [-0.2, 0) is 13.2 Å². The van der Waals surface area contributed by atoms with Gasteiger partial charge < -0.3 is 5.11 Å². The van der Waals surface area contributed by atoms with Gasteiger partial charge in [-0.25, -0.2) is 5.48 Å². The summed E-state index contributed by atoms with van der Waals surface area (Å²) in [4.78, 5) is 23.8. The Kier molecular flexibility index (Phi) is 7.13. The van der Waals surface area contributed by atoms with E-state index in [-0.39, 0.29) is 18.7 Å². The lowest BCUT2D eigenvalue weighted by Gasteiger charge is -2.43. The summed E-state index contributed by atoms with van der Waals surface area (Å²) >= 11 is 0. The van der Waals surface area contributed by atoms with Gasteiger partial charge in [0, 0.05) is 24.5 Å². The van der Waals surface area contributed by atoms with Crippen molar-refractivity contribution < 1.29 is 15.1 Å². The smallest absolute Gasteiger partial charge is 0.274 e. The number of nitrogens with zero attached hydrogens (tertiary/aromatic N) is 3. The molecule has 0 radical (unpaired) electrons. The maximum atomic E-state index is 11.9. The molecule has 1 amide bonds. The molecule has 1 saturated heterocycles. The van der Waals surface area contributed by atoms with Gasteiger partial charge in [-0.3, -0.25) is 24.9 Å². The van der Waals surface area contributed by atoms with Crippen LogP contribution in [0, 0.1) is 13.8 Å². The predicted molar refractivity (Wildman–Crippen MR) is 124 cm³/mol. The van der Waals surface area contributed by atoms with Crippen molar-refractivity contribution in [1.82, 2.24) is 20.3 Å². The van der Waals surface area contributed by atoms with Crippen molar-refractivity contribution in [2.24, 2.45) is 0 Å². The molecule has 3 aromatic rings. The number of hydrogen-bond acceptors (Lipinski definition) is 6. The van der Waals surface area contributed by atoms with E-state index in [0.717, 1.165) is 47.3 Å². The SMILES string of the molecule is Cc1cccnc1C1CCCC(c2ncccc2C)N1Cc1ccc(C(=O)NO)cc1CO. The number of hydroxylamine groups is 1. The van der Waals surface area contributed by atoms with E-state index in [0.29, 0.717) is 17.7 Å². The topological polar surface area (TPSA) is 98.6 Å². The van der Waals surface area contributed by atoms with E-state index >= 15 is 0 Å². The summed E-state index contributed by atoms with van der Waals surface area (Å²) in [5.74, 6) is -0.599. The van der Waals surface area contributed by atoms with Crippen LogP contribution < -0.4 is 5.48 Å². The minimum Gasteiger partial charge on any atom is -0.392 e. The van der Waals surface area contributed by atoms with Crippen LogP contribution in [0.15, 0.2) is 54.9 Å². The number of piperidine rings is 1. The summed E-state index contributed by atoms with van der Waals surface area (Å²) in [6.45, 7) is 4.57. The number of aromatic nitrogens is 2. The standard InChI is InChI=1S/C26H30N4O3/c1-17-6-4-12-27-24(17)22-8-3-9-23(25-18(2)7-5-13-28-25)30(22)15-20-11-10-19(26(32)29-33)14-21(20)16-31/h4-7,10-14,22-23,31,33H,3,8-9,15-16H2,1-2H3,(H,29,32). The summed E-state index contributed by atoms with van der Waals surface area (Å²) in [6.07, 6.45) is 6.73. The number of hydrogen-bond donors (Lipinski definition) is 3. The Morgan fingerprint density at radius 1 is 1.00 bits per heavy atom. The van der Waals surface area contributed by atoms with Crippen molar-refractivity contribution in [3.05, 3.63) is 94.1 Å². The molecule has 1 fully saturated rings. The van der Waals surface area contributed by atoms with Gasteiger partial charge in [-0.1, -0.05) is 18.2 Å². The third-order valence-electron chi connectivity index (χ3n) is 6.58. The number of likely N-dealkylation sites (tertiary alicyclic amines) is 1. The monoisotopic (exact) mass is 446 g/mol.